The highest BCUT2D eigenvalue weighted by atomic mass is 35.5. The van der Waals surface area contributed by atoms with Crippen LogP contribution in [0.4, 0.5) is 17.1 Å². The number of benzene rings is 2. The van der Waals surface area contributed by atoms with Crippen LogP contribution in [0.15, 0.2) is 48.5 Å². The fourth-order valence-corrected chi connectivity index (χ4v) is 3.24. The van der Waals surface area contributed by atoms with E-state index < -0.39 is 4.92 Å². The Morgan fingerprint density at radius 3 is 2.62 bits per heavy atom. The molecule has 7 nitrogen and oxygen atoms in total. The van der Waals surface area contributed by atoms with Crippen molar-refractivity contribution in [2.24, 2.45) is 0 Å². The molecule has 3 rings (SSSR count). The highest BCUT2D eigenvalue weighted by Crippen LogP contribution is 2.19. The summed E-state index contributed by atoms with van der Waals surface area (Å²) in [6.07, 6.45) is 0. The number of nitrogens with zero attached hydrogens (tertiary/aromatic N) is 2. The Kier molecular flexibility index (Phi) is 5.70. The lowest BCUT2D eigenvalue weighted by Crippen LogP contribution is -3.15. The average molecular weight is 376 g/mol. The topological polar surface area (TPSA) is 79.9 Å². The fraction of sp³-hybridized carbons (Fsp3) is 0.278. The van der Waals surface area contributed by atoms with Gasteiger partial charge in [-0.25, -0.2) is 0 Å². The summed E-state index contributed by atoms with van der Waals surface area (Å²) < 4.78 is 0. The van der Waals surface area contributed by atoms with E-state index in [1.54, 1.807) is 12.1 Å². The predicted molar refractivity (Wildman–Crippen MR) is 101 cm³/mol. The molecule has 1 amide bonds. The van der Waals surface area contributed by atoms with E-state index in [9.17, 15) is 14.9 Å². The molecule has 2 aromatic rings. The first-order chi connectivity index (χ1) is 12.5. The second kappa shape index (κ2) is 8.16. The minimum absolute atomic E-state index is 0.0368. The first-order valence-electron chi connectivity index (χ1n) is 8.39. The minimum Gasteiger partial charge on any atom is -0.360 e. The maximum atomic E-state index is 12.2. The molecule has 1 aliphatic heterocycles. The molecule has 0 saturated carbocycles. The zero-order valence-electron chi connectivity index (χ0n) is 14.2. The standard InChI is InChI=1S/C18H19ClN4O3/c19-14-3-1-5-16(11-14)22-9-7-21(8-10-22)13-18(24)20-15-4-2-6-17(12-15)23(25)26/h1-6,11-12H,7-10,13H2,(H,20,24)/p+1. The van der Waals surface area contributed by atoms with Gasteiger partial charge in [-0.3, -0.25) is 14.9 Å². The Hall–Kier alpha value is -2.64. The molecule has 26 heavy (non-hydrogen) atoms. The number of halogens is 1. The van der Waals surface area contributed by atoms with Gasteiger partial charge < -0.3 is 15.1 Å². The first kappa shape index (κ1) is 18.2. The van der Waals surface area contributed by atoms with E-state index in [1.165, 1.54) is 17.0 Å². The largest absolute Gasteiger partial charge is 0.360 e. The van der Waals surface area contributed by atoms with E-state index in [4.69, 9.17) is 11.6 Å². The van der Waals surface area contributed by atoms with Crippen LogP contribution in [0.1, 0.15) is 0 Å². The Bertz CT molecular complexity index is 807. The number of piperazine rings is 1. The smallest absolute Gasteiger partial charge is 0.279 e. The molecule has 0 unspecified atom stereocenters. The fourth-order valence-electron chi connectivity index (χ4n) is 3.06. The van der Waals surface area contributed by atoms with Crippen molar-refractivity contribution in [2.75, 3.05) is 42.9 Å². The number of quaternary nitrogens is 1. The molecule has 1 aliphatic rings. The van der Waals surface area contributed by atoms with Crippen molar-refractivity contribution in [1.82, 2.24) is 0 Å². The van der Waals surface area contributed by atoms with Crippen LogP contribution in [0.2, 0.25) is 5.02 Å². The number of carbonyl (C=O) groups excluding carboxylic acids is 1. The van der Waals surface area contributed by atoms with Gasteiger partial charge in [-0.05, 0) is 24.3 Å². The molecule has 2 N–H and O–H groups in total. The van der Waals surface area contributed by atoms with Gasteiger partial charge in [-0.1, -0.05) is 23.7 Å². The van der Waals surface area contributed by atoms with Crippen LogP contribution in [0.5, 0.6) is 0 Å². The second-order valence-corrected chi connectivity index (χ2v) is 6.69. The highest BCUT2D eigenvalue weighted by molar-refractivity contribution is 6.30. The van der Waals surface area contributed by atoms with Crippen molar-refractivity contribution in [3.63, 3.8) is 0 Å². The van der Waals surface area contributed by atoms with Gasteiger partial charge in [0.2, 0.25) is 0 Å². The first-order valence-corrected chi connectivity index (χ1v) is 8.77. The highest BCUT2D eigenvalue weighted by Gasteiger charge is 2.22. The van der Waals surface area contributed by atoms with Crippen molar-refractivity contribution in [3.05, 3.63) is 63.7 Å². The summed E-state index contributed by atoms with van der Waals surface area (Å²) in [6.45, 7) is 3.72. The van der Waals surface area contributed by atoms with Gasteiger partial charge in [0.05, 0.1) is 31.1 Å². The predicted octanol–water partition coefficient (Wildman–Crippen LogP) is 1.59. The van der Waals surface area contributed by atoms with Crippen molar-refractivity contribution < 1.29 is 14.6 Å². The van der Waals surface area contributed by atoms with Crippen molar-refractivity contribution in [2.45, 2.75) is 0 Å². The lowest BCUT2D eigenvalue weighted by Gasteiger charge is -2.33. The van der Waals surface area contributed by atoms with Crippen LogP contribution in [0.3, 0.4) is 0 Å². The zero-order valence-corrected chi connectivity index (χ0v) is 14.9. The molecule has 1 heterocycles. The third-order valence-corrected chi connectivity index (χ3v) is 4.63. The summed E-state index contributed by atoms with van der Waals surface area (Å²) in [6, 6.07) is 13.7. The van der Waals surface area contributed by atoms with E-state index in [0.717, 1.165) is 31.9 Å². The molecule has 136 valence electrons. The SMILES string of the molecule is O=C(C[NH+]1CCN(c2cccc(Cl)c2)CC1)Nc1cccc([N+](=O)[O-])c1. The third kappa shape index (κ3) is 4.71. The summed E-state index contributed by atoms with van der Waals surface area (Å²) >= 11 is 6.04. The number of carbonyl (C=O) groups is 1. The average Bonchev–Trinajstić information content (AvgIpc) is 2.62. The number of hydrogen-bond acceptors (Lipinski definition) is 4. The summed E-state index contributed by atoms with van der Waals surface area (Å²) in [4.78, 5) is 26.0. The molecule has 1 saturated heterocycles. The Labute approximate surface area is 156 Å². The van der Waals surface area contributed by atoms with Gasteiger partial charge in [0, 0.05) is 28.5 Å². The molecule has 0 bridgehead atoms. The lowest BCUT2D eigenvalue weighted by molar-refractivity contribution is -0.892. The van der Waals surface area contributed by atoms with E-state index >= 15 is 0 Å². The minimum atomic E-state index is -0.476. The molecule has 0 radical (unpaired) electrons. The van der Waals surface area contributed by atoms with Crippen LogP contribution in [-0.2, 0) is 4.79 Å². The van der Waals surface area contributed by atoms with Crippen LogP contribution in [-0.4, -0.2) is 43.6 Å². The molecular formula is C18H20ClN4O3+. The van der Waals surface area contributed by atoms with E-state index in [0.29, 0.717) is 17.3 Å². The number of hydrogen-bond donors (Lipinski definition) is 2. The van der Waals surface area contributed by atoms with Gasteiger partial charge >= 0.3 is 0 Å². The van der Waals surface area contributed by atoms with Gasteiger partial charge in [0.1, 0.15) is 0 Å². The Balaban J connectivity index is 1.50. The van der Waals surface area contributed by atoms with Gasteiger partial charge in [-0.15, -0.1) is 0 Å². The molecule has 2 aromatic carbocycles. The van der Waals surface area contributed by atoms with E-state index in [-0.39, 0.29) is 11.6 Å². The second-order valence-electron chi connectivity index (χ2n) is 6.25. The van der Waals surface area contributed by atoms with Crippen molar-refractivity contribution in [3.8, 4) is 0 Å². The normalized spacial score (nSPS) is 14.9. The van der Waals surface area contributed by atoms with Gasteiger partial charge in [0.15, 0.2) is 6.54 Å². The third-order valence-electron chi connectivity index (χ3n) is 4.40. The Morgan fingerprint density at radius 1 is 1.19 bits per heavy atom. The maximum absolute atomic E-state index is 12.2. The zero-order chi connectivity index (χ0) is 18.5. The summed E-state index contributed by atoms with van der Waals surface area (Å²) in [5.41, 5.74) is 1.50. The van der Waals surface area contributed by atoms with Gasteiger partial charge in [0.25, 0.3) is 11.6 Å². The maximum Gasteiger partial charge on any atom is 0.279 e. The number of nitrogens with one attached hydrogen (secondary N) is 2. The molecule has 8 heteroatoms. The Morgan fingerprint density at radius 2 is 1.92 bits per heavy atom. The number of amides is 1. The van der Waals surface area contributed by atoms with Gasteiger partial charge in [-0.2, -0.15) is 0 Å². The number of nitro benzene ring substituents is 1. The molecule has 1 fully saturated rings. The quantitative estimate of drug-likeness (QED) is 0.614. The van der Waals surface area contributed by atoms with E-state index in [1.807, 2.05) is 24.3 Å². The summed E-state index contributed by atoms with van der Waals surface area (Å²) in [7, 11) is 0. The van der Waals surface area contributed by atoms with Crippen LogP contribution >= 0.6 is 11.6 Å². The molecule has 0 aromatic heterocycles. The number of nitro groups is 1. The van der Waals surface area contributed by atoms with Crippen molar-refractivity contribution in [1.29, 1.82) is 0 Å². The molecule has 0 spiro atoms. The lowest BCUT2D eigenvalue weighted by atomic mass is 10.2. The molecule has 0 atom stereocenters. The monoisotopic (exact) mass is 375 g/mol. The summed E-state index contributed by atoms with van der Waals surface area (Å²) in [5, 5.41) is 14.3. The van der Waals surface area contributed by atoms with Crippen molar-refractivity contribution >= 4 is 34.6 Å². The van der Waals surface area contributed by atoms with Crippen LogP contribution < -0.4 is 15.1 Å². The van der Waals surface area contributed by atoms with Crippen LogP contribution in [0, 0.1) is 10.1 Å². The number of anilines is 2. The summed E-state index contributed by atoms with van der Waals surface area (Å²) in [5.74, 6) is -0.142. The molecular weight excluding hydrogens is 356 g/mol. The number of non-ortho nitro benzene ring substituents is 1. The number of rotatable bonds is 5. The molecule has 0 aliphatic carbocycles. The van der Waals surface area contributed by atoms with Crippen LogP contribution in [0.25, 0.3) is 0 Å². The van der Waals surface area contributed by atoms with E-state index in [2.05, 4.69) is 10.2 Å².